The maximum atomic E-state index is 12.4. The summed E-state index contributed by atoms with van der Waals surface area (Å²) in [6, 6.07) is 11.3. The second-order valence-electron chi connectivity index (χ2n) is 4.65. The average Bonchev–Trinajstić information content (AvgIpc) is 2.44. The molecule has 0 spiro atoms. The summed E-state index contributed by atoms with van der Waals surface area (Å²) in [6.45, 7) is 1.91. The van der Waals surface area contributed by atoms with Crippen LogP contribution in [0.5, 0.6) is 0 Å². The third-order valence-electron chi connectivity index (χ3n) is 3.04. The lowest BCUT2D eigenvalue weighted by molar-refractivity contribution is -0.384. The molecule has 21 heavy (non-hydrogen) atoms. The number of carbonyl (C=O) groups is 1. The number of hydrogen-bond acceptors (Lipinski definition) is 3. The van der Waals surface area contributed by atoms with E-state index in [1.165, 1.54) is 17.0 Å². The number of halogens is 1. The summed E-state index contributed by atoms with van der Waals surface area (Å²) in [6.07, 6.45) is 0. The van der Waals surface area contributed by atoms with Crippen LogP contribution >= 0.6 is 15.9 Å². The monoisotopic (exact) mass is 348 g/mol. The van der Waals surface area contributed by atoms with E-state index >= 15 is 0 Å². The van der Waals surface area contributed by atoms with Crippen molar-refractivity contribution in [2.24, 2.45) is 0 Å². The lowest BCUT2D eigenvalue weighted by Crippen LogP contribution is -2.26. The minimum atomic E-state index is -0.469. The van der Waals surface area contributed by atoms with Gasteiger partial charge >= 0.3 is 0 Å². The van der Waals surface area contributed by atoms with Gasteiger partial charge in [-0.1, -0.05) is 15.9 Å². The van der Waals surface area contributed by atoms with E-state index in [1.807, 2.05) is 13.0 Å². The van der Waals surface area contributed by atoms with E-state index in [4.69, 9.17) is 0 Å². The van der Waals surface area contributed by atoms with E-state index in [0.717, 1.165) is 10.0 Å². The second kappa shape index (κ2) is 6.05. The summed E-state index contributed by atoms with van der Waals surface area (Å²) in [4.78, 5) is 24.1. The zero-order valence-electron chi connectivity index (χ0n) is 11.5. The van der Waals surface area contributed by atoms with Crippen molar-refractivity contribution in [3.8, 4) is 0 Å². The highest BCUT2D eigenvalue weighted by atomic mass is 79.9. The van der Waals surface area contributed by atoms with E-state index in [9.17, 15) is 14.9 Å². The number of nitro benzene ring substituents is 1. The summed E-state index contributed by atoms with van der Waals surface area (Å²) < 4.78 is 0.836. The molecule has 2 aromatic rings. The van der Waals surface area contributed by atoms with Gasteiger partial charge in [0.05, 0.1) is 4.92 Å². The standard InChI is InChI=1S/C15H13BrN2O3/c1-10-7-11(9-12(16)8-10)15(19)17(2)13-3-5-14(6-4-13)18(20)21/h3-9H,1-2H3. The van der Waals surface area contributed by atoms with Crippen molar-refractivity contribution >= 4 is 33.2 Å². The molecule has 0 saturated heterocycles. The predicted molar refractivity (Wildman–Crippen MR) is 84.7 cm³/mol. The zero-order chi connectivity index (χ0) is 15.6. The molecule has 1 amide bonds. The van der Waals surface area contributed by atoms with Crippen LogP contribution in [0.1, 0.15) is 15.9 Å². The van der Waals surface area contributed by atoms with Crippen LogP contribution in [0, 0.1) is 17.0 Å². The van der Waals surface area contributed by atoms with Gasteiger partial charge in [-0.3, -0.25) is 14.9 Å². The zero-order valence-corrected chi connectivity index (χ0v) is 13.1. The van der Waals surface area contributed by atoms with Gasteiger partial charge in [-0.25, -0.2) is 0 Å². The normalized spacial score (nSPS) is 10.2. The summed E-state index contributed by atoms with van der Waals surface area (Å²) >= 11 is 3.37. The highest BCUT2D eigenvalue weighted by Gasteiger charge is 2.15. The van der Waals surface area contributed by atoms with Crippen LogP contribution in [0.15, 0.2) is 46.9 Å². The lowest BCUT2D eigenvalue weighted by atomic mass is 10.1. The van der Waals surface area contributed by atoms with Gasteiger partial charge in [-0.2, -0.15) is 0 Å². The van der Waals surface area contributed by atoms with Crippen LogP contribution in [0.25, 0.3) is 0 Å². The minimum Gasteiger partial charge on any atom is -0.311 e. The molecule has 0 aliphatic heterocycles. The molecule has 0 unspecified atom stereocenters. The third kappa shape index (κ3) is 3.46. The number of anilines is 1. The fourth-order valence-corrected chi connectivity index (χ4v) is 2.58. The molecule has 5 nitrogen and oxygen atoms in total. The molecule has 0 aliphatic carbocycles. The van der Waals surface area contributed by atoms with Gasteiger partial charge < -0.3 is 4.90 Å². The molecule has 0 aliphatic rings. The maximum absolute atomic E-state index is 12.4. The molecule has 2 aromatic carbocycles. The number of carbonyl (C=O) groups excluding carboxylic acids is 1. The highest BCUT2D eigenvalue weighted by molar-refractivity contribution is 9.10. The number of benzene rings is 2. The van der Waals surface area contributed by atoms with Gasteiger partial charge in [0.15, 0.2) is 0 Å². The quantitative estimate of drug-likeness (QED) is 0.623. The number of hydrogen-bond donors (Lipinski definition) is 0. The smallest absolute Gasteiger partial charge is 0.269 e. The lowest BCUT2D eigenvalue weighted by Gasteiger charge is -2.17. The van der Waals surface area contributed by atoms with E-state index in [2.05, 4.69) is 15.9 Å². The number of non-ortho nitro benzene ring substituents is 1. The van der Waals surface area contributed by atoms with Gasteiger partial charge in [-0.15, -0.1) is 0 Å². The van der Waals surface area contributed by atoms with Gasteiger partial charge in [0, 0.05) is 34.9 Å². The first kappa shape index (κ1) is 15.2. The molecule has 6 heteroatoms. The molecular weight excluding hydrogens is 336 g/mol. The highest BCUT2D eigenvalue weighted by Crippen LogP contribution is 2.22. The van der Waals surface area contributed by atoms with Crippen molar-refractivity contribution in [3.63, 3.8) is 0 Å². The van der Waals surface area contributed by atoms with Crippen LogP contribution in [0.4, 0.5) is 11.4 Å². The summed E-state index contributed by atoms with van der Waals surface area (Å²) in [7, 11) is 1.64. The molecule has 0 radical (unpaired) electrons. The van der Waals surface area contributed by atoms with Crippen molar-refractivity contribution in [2.75, 3.05) is 11.9 Å². The molecule has 0 N–H and O–H groups in total. The molecule has 0 aromatic heterocycles. The van der Waals surface area contributed by atoms with Crippen LogP contribution in [-0.2, 0) is 0 Å². The van der Waals surface area contributed by atoms with Crippen molar-refractivity contribution in [1.29, 1.82) is 0 Å². The number of amides is 1. The Morgan fingerprint density at radius 3 is 2.33 bits per heavy atom. The first-order valence-electron chi connectivity index (χ1n) is 6.18. The predicted octanol–water partition coefficient (Wildman–Crippen LogP) is 3.94. The first-order valence-corrected chi connectivity index (χ1v) is 6.97. The fourth-order valence-electron chi connectivity index (χ4n) is 1.97. The van der Waals surface area contributed by atoms with Crippen molar-refractivity contribution in [1.82, 2.24) is 0 Å². The molecule has 0 saturated carbocycles. The van der Waals surface area contributed by atoms with E-state index in [1.54, 1.807) is 31.3 Å². The molecule has 0 heterocycles. The molecule has 0 bridgehead atoms. The second-order valence-corrected chi connectivity index (χ2v) is 5.57. The van der Waals surface area contributed by atoms with E-state index in [0.29, 0.717) is 11.3 Å². The number of aryl methyl sites for hydroxylation is 1. The fraction of sp³-hybridized carbons (Fsp3) is 0.133. The van der Waals surface area contributed by atoms with Gasteiger partial charge in [-0.05, 0) is 42.8 Å². The molecule has 0 atom stereocenters. The SMILES string of the molecule is Cc1cc(Br)cc(C(=O)N(C)c2ccc([N+](=O)[O-])cc2)c1. The van der Waals surface area contributed by atoms with Crippen molar-refractivity contribution in [2.45, 2.75) is 6.92 Å². The Bertz CT molecular complexity index is 678. The maximum Gasteiger partial charge on any atom is 0.269 e. The van der Waals surface area contributed by atoms with Gasteiger partial charge in [0.2, 0.25) is 0 Å². The average molecular weight is 349 g/mol. The molecule has 0 fully saturated rings. The summed E-state index contributed by atoms with van der Waals surface area (Å²) in [5.74, 6) is -0.173. The Labute approximate surface area is 130 Å². The Morgan fingerprint density at radius 2 is 1.81 bits per heavy atom. The van der Waals surface area contributed by atoms with E-state index in [-0.39, 0.29) is 11.6 Å². The number of nitro groups is 1. The molecular formula is C15H13BrN2O3. The van der Waals surface area contributed by atoms with Crippen LogP contribution in [-0.4, -0.2) is 17.9 Å². The minimum absolute atomic E-state index is 0.00195. The third-order valence-corrected chi connectivity index (χ3v) is 3.50. The largest absolute Gasteiger partial charge is 0.311 e. The summed E-state index contributed by atoms with van der Waals surface area (Å²) in [5, 5.41) is 10.6. The van der Waals surface area contributed by atoms with E-state index < -0.39 is 4.92 Å². The Morgan fingerprint density at radius 1 is 1.19 bits per heavy atom. The summed E-state index contributed by atoms with van der Waals surface area (Å²) in [5.41, 5.74) is 2.13. The molecule has 108 valence electrons. The van der Waals surface area contributed by atoms with Gasteiger partial charge in [0.1, 0.15) is 0 Å². The van der Waals surface area contributed by atoms with Crippen molar-refractivity contribution < 1.29 is 9.72 Å². The Hall–Kier alpha value is -2.21. The van der Waals surface area contributed by atoms with Crippen molar-refractivity contribution in [3.05, 3.63) is 68.2 Å². The number of nitrogens with zero attached hydrogens (tertiary/aromatic N) is 2. The Kier molecular flexibility index (Phi) is 4.37. The van der Waals surface area contributed by atoms with Crippen LogP contribution < -0.4 is 4.90 Å². The molecule has 2 rings (SSSR count). The van der Waals surface area contributed by atoms with Crippen LogP contribution in [0.2, 0.25) is 0 Å². The topological polar surface area (TPSA) is 63.5 Å². The number of rotatable bonds is 3. The van der Waals surface area contributed by atoms with Crippen LogP contribution in [0.3, 0.4) is 0 Å². The first-order chi connectivity index (χ1) is 9.88. The van der Waals surface area contributed by atoms with Gasteiger partial charge in [0.25, 0.3) is 11.6 Å². The Balaban J connectivity index is 2.28.